The molecule has 6 nitrogen and oxygen atoms in total. The molecule has 0 aliphatic carbocycles. The van der Waals surface area contributed by atoms with Gasteiger partial charge in [0, 0.05) is 12.6 Å². The minimum Gasteiger partial charge on any atom is -0.428 e. The number of benzene rings is 3. The van der Waals surface area contributed by atoms with Gasteiger partial charge in [0.25, 0.3) is 0 Å². The van der Waals surface area contributed by atoms with E-state index in [1.54, 1.807) is 30.3 Å². The predicted molar refractivity (Wildman–Crippen MR) is 143 cm³/mol. The second-order valence-corrected chi connectivity index (χ2v) is 9.48. The predicted octanol–water partition coefficient (Wildman–Crippen LogP) is 8.18. The first-order valence-electron chi connectivity index (χ1n) is 12.3. The first kappa shape index (κ1) is 31.4. The molecule has 0 fully saturated rings. The van der Waals surface area contributed by atoms with Gasteiger partial charge >= 0.3 is 24.9 Å². The number of para-hydroxylation sites is 2. The maximum absolute atomic E-state index is 13.8. The molecule has 2 N–H and O–H groups in total. The number of anilines is 1. The molecular formula is C29H21ClF7N3O3. The van der Waals surface area contributed by atoms with E-state index in [1.165, 1.54) is 48.7 Å². The summed E-state index contributed by atoms with van der Waals surface area (Å²) in [5.41, 5.74) is -1.31. The molecule has 2 amide bonds. The molecule has 1 aromatic heterocycles. The number of urea groups is 1. The Morgan fingerprint density at radius 3 is 2.21 bits per heavy atom. The topological polar surface area (TPSA) is 72.5 Å². The van der Waals surface area contributed by atoms with Crippen LogP contribution in [-0.2, 0) is 12.0 Å². The first-order valence-corrected chi connectivity index (χ1v) is 12.7. The number of nitrogens with one attached hydrogen (secondary N) is 2. The Kier molecular flexibility index (Phi) is 9.34. The number of alkyl halides is 7. The molecule has 0 aliphatic rings. The second kappa shape index (κ2) is 12.8. The van der Waals surface area contributed by atoms with Crippen LogP contribution in [0.2, 0.25) is 5.02 Å². The molecule has 0 aliphatic heterocycles. The fourth-order valence-corrected chi connectivity index (χ4v) is 4.32. The number of amides is 2. The van der Waals surface area contributed by atoms with Crippen LogP contribution in [0.15, 0.2) is 97.2 Å². The minimum atomic E-state index is -5.06. The summed E-state index contributed by atoms with van der Waals surface area (Å²) in [5, 5.41) is 5.23. The Bertz CT molecular complexity index is 1540. The number of rotatable bonds is 10. The van der Waals surface area contributed by atoms with Crippen LogP contribution >= 0.6 is 11.6 Å². The minimum absolute atomic E-state index is 0.0590. The zero-order chi connectivity index (χ0) is 31.3. The van der Waals surface area contributed by atoms with Crippen LogP contribution in [0.1, 0.15) is 16.8 Å². The highest BCUT2D eigenvalue weighted by Crippen LogP contribution is 2.37. The number of aromatic nitrogens is 1. The summed E-state index contributed by atoms with van der Waals surface area (Å²) in [6.45, 7) is 0. The van der Waals surface area contributed by atoms with Crippen molar-refractivity contribution in [1.29, 1.82) is 0 Å². The molecule has 0 saturated carbocycles. The molecule has 43 heavy (non-hydrogen) atoms. The second-order valence-electron chi connectivity index (χ2n) is 9.04. The molecule has 3 aromatic carbocycles. The van der Waals surface area contributed by atoms with Crippen LogP contribution in [0, 0.1) is 0 Å². The van der Waals surface area contributed by atoms with Gasteiger partial charge < -0.3 is 20.1 Å². The third kappa shape index (κ3) is 8.07. The molecule has 0 radical (unpaired) electrons. The fraction of sp³-hybridized carbons (Fsp3) is 0.172. The quantitative estimate of drug-likeness (QED) is 0.174. The van der Waals surface area contributed by atoms with Crippen molar-refractivity contribution in [1.82, 2.24) is 10.3 Å². The first-order chi connectivity index (χ1) is 20.3. The van der Waals surface area contributed by atoms with E-state index in [0.717, 1.165) is 18.2 Å². The molecule has 0 bridgehead atoms. The largest absolute Gasteiger partial charge is 0.573 e. The number of halogens is 8. The third-order valence-electron chi connectivity index (χ3n) is 6.00. The number of hydrogen-bond acceptors (Lipinski definition) is 4. The van der Waals surface area contributed by atoms with E-state index >= 15 is 0 Å². The lowest BCUT2D eigenvalue weighted by molar-refractivity contribution is -0.274. The molecule has 0 unspecified atom stereocenters. The van der Waals surface area contributed by atoms with Crippen molar-refractivity contribution >= 4 is 23.3 Å². The van der Waals surface area contributed by atoms with Crippen molar-refractivity contribution in [2.45, 2.75) is 30.9 Å². The summed E-state index contributed by atoms with van der Waals surface area (Å²) in [5.74, 6) is -1.35. The number of carbonyl (C=O) groups excluding carboxylic acids is 1. The normalized spacial score (nSPS) is 13.2. The maximum atomic E-state index is 13.8. The van der Waals surface area contributed by atoms with Crippen LogP contribution in [0.4, 0.5) is 41.2 Å². The van der Waals surface area contributed by atoms with Crippen molar-refractivity contribution < 1.29 is 45.0 Å². The SMILES string of the molecule is O=C(Nc1ccccc1OC(F)(F)F)N[C@@](Cc1ccccc1)(c1cccc(OC(F)(F)C(F)F)c1)c1ccc(Cl)cn1. The van der Waals surface area contributed by atoms with Crippen LogP contribution in [0.3, 0.4) is 0 Å². The van der Waals surface area contributed by atoms with E-state index in [1.807, 2.05) is 0 Å². The Hall–Kier alpha value is -4.52. The lowest BCUT2D eigenvalue weighted by atomic mass is 9.80. The van der Waals surface area contributed by atoms with E-state index in [0.29, 0.717) is 5.56 Å². The molecule has 0 saturated heterocycles. The molecule has 0 spiro atoms. The van der Waals surface area contributed by atoms with Gasteiger partial charge in [0.05, 0.1) is 16.4 Å². The lowest BCUT2D eigenvalue weighted by Gasteiger charge is -2.36. The summed E-state index contributed by atoms with van der Waals surface area (Å²) in [7, 11) is 0. The molecule has 14 heteroatoms. The van der Waals surface area contributed by atoms with E-state index in [9.17, 15) is 35.5 Å². The van der Waals surface area contributed by atoms with Crippen molar-refractivity contribution in [3.63, 3.8) is 0 Å². The lowest BCUT2D eigenvalue weighted by Crippen LogP contribution is -2.50. The molecule has 1 atom stereocenters. The fourth-order valence-electron chi connectivity index (χ4n) is 4.21. The van der Waals surface area contributed by atoms with Gasteiger partial charge in [-0.1, -0.05) is 66.2 Å². The highest BCUT2D eigenvalue weighted by atomic mass is 35.5. The Balaban J connectivity index is 1.83. The van der Waals surface area contributed by atoms with Crippen LogP contribution < -0.4 is 20.1 Å². The highest BCUT2D eigenvalue weighted by molar-refractivity contribution is 6.30. The number of pyridine rings is 1. The van der Waals surface area contributed by atoms with Crippen LogP contribution in [0.5, 0.6) is 11.5 Å². The van der Waals surface area contributed by atoms with Gasteiger partial charge in [-0.15, -0.1) is 13.2 Å². The molecular weight excluding hydrogens is 607 g/mol. The van der Waals surface area contributed by atoms with E-state index in [4.69, 9.17) is 11.6 Å². The maximum Gasteiger partial charge on any atom is 0.573 e. The van der Waals surface area contributed by atoms with Crippen molar-refractivity contribution in [3.05, 3.63) is 119 Å². The summed E-state index contributed by atoms with van der Waals surface area (Å²) in [6.07, 6.45) is -12.9. The zero-order valence-electron chi connectivity index (χ0n) is 21.7. The summed E-state index contributed by atoms with van der Waals surface area (Å²) in [4.78, 5) is 17.8. The van der Waals surface area contributed by atoms with Gasteiger partial charge in [-0.3, -0.25) is 4.98 Å². The molecule has 4 rings (SSSR count). The van der Waals surface area contributed by atoms with Crippen molar-refractivity contribution in [2.75, 3.05) is 5.32 Å². The highest BCUT2D eigenvalue weighted by Gasteiger charge is 2.45. The Morgan fingerprint density at radius 2 is 1.56 bits per heavy atom. The number of carbonyl (C=O) groups is 1. The smallest absolute Gasteiger partial charge is 0.428 e. The van der Waals surface area contributed by atoms with Gasteiger partial charge in [-0.2, -0.15) is 17.6 Å². The average molecular weight is 628 g/mol. The summed E-state index contributed by atoms with van der Waals surface area (Å²) >= 11 is 6.04. The van der Waals surface area contributed by atoms with E-state index in [2.05, 4.69) is 25.1 Å². The van der Waals surface area contributed by atoms with Gasteiger partial charge in [0.15, 0.2) is 5.75 Å². The number of ether oxygens (including phenoxy) is 2. The molecule has 1 heterocycles. The van der Waals surface area contributed by atoms with Gasteiger partial charge in [-0.25, -0.2) is 4.79 Å². The number of nitrogens with zero attached hydrogens (tertiary/aromatic N) is 1. The monoisotopic (exact) mass is 627 g/mol. The Morgan fingerprint density at radius 1 is 0.860 bits per heavy atom. The number of hydrogen-bond donors (Lipinski definition) is 2. The van der Waals surface area contributed by atoms with Crippen LogP contribution in [-0.4, -0.2) is 29.9 Å². The van der Waals surface area contributed by atoms with Gasteiger partial charge in [0.1, 0.15) is 11.3 Å². The Labute approximate surface area is 245 Å². The van der Waals surface area contributed by atoms with Crippen molar-refractivity contribution in [2.24, 2.45) is 0 Å². The van der Waals surface area contributed by atoms with E-state index < -0.39 is 42.0 Å². The van der Waals surface area contributed by atoms with Crippen LogP contribution in [0.25, 0.3) is 0 Å². The summed E-state index contributed by atoms with van der Waals surface area (Å²) in [6, 6.07) is 19.8. The van der Waals surface area contributed by atoms with Gasteiger partial charge in [-0.05, 0) is 47.5 Å². The average Bonchev–Trinajstić information content (AvgIpc) is 2.94. The third-order valence-corrected chi connectivity index (χ3v) is 6.22. The van der Waals surface area contributed by atoms with Gasteiger partial charge in [0.2, 0.25) is 0 Å². The zero-order valence-corrected chi connectivity index (χ0v) is 22.5. The van der Waals surface area contributed by atoms with Crippen molar-refractivity contribution in [3.8, 4) is 11.5 Å². The summed E-state index contributed by atoms with van der Waals surface area (Å²) < 4.78 is 101. The standard InChI is InChI=1S/C29H21ClF7N3O3/c30-20-13-14-24(38-17-20)27(16-18-7-2-1-3-8-18,19-9-6-10-21(15-19)42-28(33,34)25(31)32)40-26(41)39-22-11-4-5-12-23(22)43-29(35,36)37/h1-15,17,25H,16H2,(H2,39,40,41)/t27-/m0/s1. The van der Waals surface area contributed by atoms with E-state index in [-0.39, 0.29) is 28.4 Å². The molecule has 226 valence electrons. The molecule has 4 aromatic rings.